The van der Waals surface area contributed by atoms with Crippen molar-refractivity contribution >= 4 is 11.7 Å². The number of esters is 1. The van der Waals surface area contributed by atoms with Crippen molar-refractivity contribution in [3.05, 3.63) is 0 Å². The minimum absolute atomic E-state index is 0.0417. The predicted molar refractivity (Wildman–Crippen MR) is 40.7 cm³/mol. The van der Waals surface area contributed by atoms with E-state index >= 15 is 0 Å². The van der Waals surface area contributed by atoms with Gasteiger partial charge in [-0.05, 0) is 27.7 Å². The SMILES string of the molecule is C/C(=N\O)C(=O)OC(C)(C)C. The van der Waals surface area contributed by atoms with Crippen LogP contribution in [0.3, 0.4) is 0 Å². The van der Waals surface area contributed by atoms with Crippen molar-refractivity contribution in [2.24, 2.45) is 5.16 Å². The Morgan fingerprint density at radius 3 is 2.18 bits per heavy atom. The summed E-state index contributed by atoms with van der Waals surface area (Å²) in [6.07, 6.45) is 0. The molecule has 4 nitrogen and oxygen atoms in total. The number of nitrogens with zero attached hydrogens (tertiary/aromatic N) is 1. The van der Waals surface area contributed by atoms with Crippen molar-refractivity contribution < 1.29 is 14.7 Å². The largest absolute Gasteiger partial charge is 0.455 e. The standard InChI is InChI=1S/C7H13NO3/c1-5(8-10)6(9)11-7(2,3)4/h10H,1-4H3/b8-5+. The molecular formula is C7H13NO3. The first-order valence-corrected chi connectivity index (χ1v) is 3.29. The highest BCUT2D eigenvalue weighted by Crippen LogP contribution is 2.06. The molecule has 11 heavy (non-hydrogen) atoms. The fraction of sp³-hybridized carbons (Fsp3) is 0.714. The third-order valence-corrected chi connectivity index (χ3v) is 0.844. The van der Waals surface area contributed by atoms with E-state index < -0.39 is 11.6 Å². The molecule has 0 aromatic rings. The molecule has 0 fully saturated rings. The Balaban J connectivity index is 4.10. The monoisotopic (exact) mass is 159 g/mol. The topological polar surface area (TPSA) is 58.9 Å². The molecule has 64 valence electrons. The zero-order valence-corrected chi connectivity index (χ0v) is 7.21. The number of hydrogen-bond acceptors (Lipinski definition) is 4. The first kappa shape index (κ1) is 9.94. The maximum Gasteiger partial charge on any atom is 0.356 e. The lowest BCUT2D eigenvalue weighted by atomic mass is 10.2. The Labute approximate surface area is 65.8 Å². The van der Waals surface area contributed by atoms with Gasteiger partial charge in [-0.2, -0.15) is 0 Å². The number of hydrogen-bond donors (Lipinski definition) is 1. The Bertz CT molecular complexity index is 179. The Morgan fingerprint density at radius 1 is 1.45 bits per heavy atom. The van der Waals surface area contributed by atoms with Gasteiger partial charge < -0.3 is 9.94 Å². The third kappa shape index (κ3) is 4.36. The van der Waals surface area contributed by atoms with Gasteiger partial charge in [0.25, 0.3) is 0 Å². The van der Waals surface area contributed by atoms with Crippen LogP contribution in [0.15, 0.2) is 5.16 Å². The molecule has 0 aliphatic heterocycles. The number of oxime groups is 1. The highest BCUT2D eigenvalue weighted by molar-refractivity contribution is 6.35. The van der Waals surface area contributed by atoms with Crippen molar-refractivity contribution in [1.82, 2.24) is 0 Å². The smallest absolute Gasteiger partial charge is 0.356 e. The summed E-state index contributed by atoms with van der Waals surface area (Å²) in [5, 5.41) is 10.9. The fourth-order valence-corrected chi connectivity index (χ4v) is 0.393. The molecule has 4 heteroatoms. The van der Waals surface area contributed by atoms with E-state index in [0.29, 0.717) is 0 Å². The van der Waals surface area contributed by atoms with Crippen molar-refractivity contribution in [2.45, 2.75) is 33.3 Å². The van der Waals surface area contributed by atoms with Crippen molar-refractivity contribution in [2.75, 3.05) is 0 Å². The van der Waals surface area contributed by atoms with Crippen LogP contribution in [0.4, 0.5) is 0 Å². The Morgan fingerprint density at radius 2 is 1.91 bits per heavy atom. The summed E-state index contributed by atoms with van der Waals surface area (Å²) in [6.45, 7) is 6.62. The summed E-state index contributed by atoms with van der Waals surface area (Å²) in [5.74, 6) is -0.597. The molecule has 0 radical (unpaired) electrons. The highest BCUT2D eigenvalue weighted by Gasteiger charge is 2.18. The molecule has 0 bridgehead atoms. The van der Waals surface area contributed by atoms with Gasteiger partial charge in [-0.25, -0.2) is 4.79 Å². The van der Waals surface area contributed by atoms with Crippen molar-refractivity contribution in [3.8, 4) is 0 Å². The molecule has 0 unspecified atom stereocenters. The quantitative estimate of drug-likeness (QED) is 0.270. The summed E-state index contributed by atoms with van der Waals surface area (Å²) in [5.41, 5.74) is -0.580. The van der Waals surface area contributed by atoms with Crippen LogP contribution < -0.4 is 0 Å². The van der Waals surface area contributed by atoms with E-state index in [9.17, 15) is 4.79 Å². The van der Waals surface area contributed by atoms with E-state index in [-0.39, 0.29) is 5.71 Å². The molecule has 0 aliphatic carbocycles. The lowest BCUT2D eigenvalue weighted by Crippen LogP contribution is -2.27. The van der Waals surface area contributed by atoms with Gasteiger partial charge in [-0.1, -0.05) is 5.16 Å². The van der Waals surface area contributed by atoms with Crippen LogP contribution in [0.2, 0.25) is 0 Å². The van der Waals surface area contributed by atoms with E-state index in [1.807, 2.05) is 0 Å². The number of carbonyl (C=O) groups is 1. The van der Waals surface area contributed by atoms with Gasteiger partial charge in [0.15, 0.2) is 5.71 Å². The van der Waals surface area contributed by atoms with Crippen LogP contribution in [-0.4, -0.2) is 22.5 Å². The van der Waals surface area contributed by atoms with Crippen LogP contribution in [0, 0.1) is 0 Å². The lowest BCUT2D eigenvalue weighted by Gasteiger charge is -2.18. The van der Waals surface area contributed by atoms with Crippen LogP contribution >= 0.6 is 0 Å². The van der Waals surface area contributed by atoms with Gasteiger partial charge in [0.1, 0.15) is 5.60 Å². The zero-order valence-electron chi connectivity index (χ0n) is 7.21. The summed E-state index contributed by atoms with van der Waals surface area (Å²) in [4.78, 5) is 10.9. The van der Waals surface area contributed by atoms with Gasteiger partial charge in [0.05, 0.1) is 0 Å². The molecule has 0 heterocycles. The minimum atomic E-state index is -0.597. The van der Waals surface area contributed by atoms with E-state index in [0.717, 1.165) is 0 Å². The Kier molecular flexibility index (Phi) is 3.04. The molecule has 0 saturated heterocycles. The maximum absolute atomic E-state index is 10.9. The predicted octanol–water partition coefficient (Wildman–Crippen LogP) is 1.18. The van der Waals surface area contributed by atoms with Gasteiger partial charge in [0.2, 0.25) is 0 Å². The molecule has 0 aromatic carbocycles. The average Bonchev–Trinajstić information content (AvgIpc) is 1.82. The summed E-state index contributed by atoms with van der Waals surface area (Å²) >= 11 is 0. The van der Waals surface area contributed by atoms with Gasteiger partial charge >= 0.3 is 5.97 Å². The highest BCUT2D eigenvalue weighted by atomic mass is 16.6. The molecule has 0 aliphatic rings. The van der Waals surface area contributed by atoms with E-state index in [1.165, 1.54) is 6.92 Å². The molecule has 0 spiro atoms. The second kappa shape index (κ2) is 3.37. The second-order valence-electron chi connectivity index (χ2n) is 3.19. The van der Waals surface area contributed by atoms with Gasteiger partial charge in [0, 0.05) is 0 Å². The summed E-state index contributed by atoms with van der Waals surface area (Å²) in [6, 6.07) is 0. The van der Waals surface area contributed by atoms with E-state index in [2.05, 4.69) is 5.16 Å². The minimum Gasteiger partial charge on any atom is -0.455 e. The summed E-state index contributed by atoms with van der Waals surface area (Å²) < 4.78 is 4.86. The zero-order chi connectivity index (χ0) is 9.07. The van der Waals surface area contributed by atoms with Crippen LogP contribution in [-0.2, 0) is 9.53 Å². The van der Waals surface area contributed by atoms with Gasteiger partial charge in [-0.3, -0.25) is 0 Å². The first-order chi connectivity index (χ1) is 4.87. The summed E-state index contributed by atoms with van der Waals surface area (Å²) in [7, 11) is 0. The van der Waals surface area contributed by atoms with Crippen molar-refractivity contribution in [1.29, 1.82) is 0 Å². The maximum atomic E-state index is 10.9. The Hall–Kier alpha value is -1.06. The molecule has 1 N–H and O–H groups in total. The third-order valence-electron chi connectivity index (χ3n) is 0.844. The molecule has 0 amide bonds. The van der Waals surface area contributed by atoms with E-state index in [1.54, 1.807) is 20.8 Å². The van der Waals surface area contributed by atoms with Crippen LogP contribution in [0.5, 0.6) is 0 Å². The second-order valence-corrected chi connectivity index (χ2v) is 3.19. The van der Waals surface area contributed by atoms with Crippen LogP contribution in [0.25, 0.3) is 0 Å². The van der Waals surface area contributed by atoms with E-state index in [4.69, 9.17) is 9.94 Å². The lowest BCUT2D eigenvalue weighted by molar-refractivity contribution is -0.146. The molecule has 0 saturated carbocycles. The van der Waals surface area contributed by atoms with Crippen molar-refractivity contribution in [3.63, 3.8) is 0 Å². The van der Waals surface area contributed by atoms with Gasteiger partial charge in [-0.15, -0.1) is 0 Å². The fourth-order valence-electron chi connectivity index (χ4n) is 0.393. The van der Waals surface area contributed by atoms with Crippen LogP contribution in [0.1, 0.15) is 27.7 Å². The normalized spacial score (nSPS) is 12.9. The molecular weight excluding hydrogens is 146 g/mol. The number of rotatable bonds is 1. The number of carbonyl (C=O) groups excluding carboxylic acids is 1. The molecule has 0 rings (SSSR count). The molecule has 0 atom stereocenters. The first-order valence-electron chi connectivity index (χ1n) is 3.29. The molecule has 0 aromatic heterocycles. The number of ether oxygens (including phenoxy) is 1. The average molecular weight is 159 g/mol.